The van der Waals surface area contributed by atoms with E-state index in [0.717, 1.165) is 12.5 Å². The predicted molar refractivity (Wildman–Crippen MR) is 88.7 cm³/mol. The molecule has 0 fully saturated rings. The molecule has 0 aromatic heterocycles. The number of rotatable bonds is 1. The molecule has 3 aromatic carbocycles. The standard InChI is InChI=1S/C20H16N.Pd/c21-19-13-12-15-7-2-4-10-17(15)20(19)18-11-5-8-14-6-1-3-9-16(14)18;/h1-12H,13,21H2;/q-1;. The molecule has 4 rings (SSSR count). The van der Waals surface area contributed by atoms with Gasteiger partial charge < -0.3 is 5.73 Å². The van der Waals surface area contributed by atoms with Crippen molar-refractivity contribution in [1.82, 2.24) is 0 Å². The van der Waals surface area contributed by atoms with E-state index in [2.05, 4.69) is 72.8 Å². The van der Waals surface area contributed by atoms with Gasteiger partial charge in [0.25, 0.3) is 0 Å². The number of nitrogens with two attached hydrogens (primary N) is 1. The molecule has 0 radical (unpaired) electrons. The molecule has 0 saturated carbocycles. The van der Waals surface area contributed by atoms with E-state index < -0.39 is 0 Å². The van der Waals surface area contributed by atoms with Crippen LogP contribution < -0.4 is 16.2 Å². The summed E-state index contributed by atoms with van der Waals surface area (Å²) in [7, 11) is 0. The fourth-order valence-electron chi connectivity index (χ4n) is 3.16. The summed E-state index contributed by atoms with van der Waals surface area (Å²) in [6.07, 6.45) is 3.02. The Kier molecular flexibility index (Phi) is 4.18. The van der Waals surface area contributed by atoms with Gasteiger partial charge in [0.05, 0.1) is 0 Å². The van der Waals surface area contributed by atoms with Crippen LogP contribution in [0.4, 0.5) is 0 Å². The van der Waals surface area contributed by atoms with Gasteiger partial charge in [-0.2, -0.15) is 5.57 Å². The minimum Gasteiger partial charge on any atom is -0.357 e. The van der Waals surface area contributed by atoms with E-state index in [1.165, 1.54) is 32.3 Å². The molecular formula is C20H16NPd-. The van der Waals surface area contributed by atoms with Gasteiger partial charge in [0.2, 0.25) is 0 Å². The van der Waals surface area contributed by atoms with Gasteiger partial charge in [0.1, 0.15) is 0 Å². The van der Waals surface area contributed by atoms with Crippen LogP contribution in [0.5, 0.6) is 0 Å². The molecule has 0 saturated heterocycles. The van der Waals surface area contributed by atoms with E-state index in [0.29, 0.717) is 0 Å². The van der Waals surface area contributed by atoms with E-state index >= 15 is 0 Å². The Morgan fingerprint density at radius 2 is 1.55 bits per heavy atom. The second-order valence-corrected chi connectivity index (χ2v) is 5.42. The summed E-state index contributed by atoms with van der Waals surface area (Å²) in [5.41, 5.74) is 8.78. The van der Waals surface area contributed by atoms with E-state index in [-0.39, 0.29) is 20.4 Å². The molecule has 22 heavy (non-hydrogen) atoms. The summed E-state index contributed by atoms with van der Waals surface area (Å²) in [5, 5.41) is 5.02. The number of hydrogen-bond acceptors (Lipinski definition) is 1. The van der Waals surface area contributed by atoms with Crippen LogP contribution in [-0.2, 0) is 20.4 Å². The summed E-state index contributed by atoms with van der Waals surface area (Å²) in [6, 6.07) is 24.3. The molecule has 0 atom stereocenters. The SMILES string of the molecule is N[C-]1CC=c2ccccc2=C1c1cccc2ccccc12.[Pd]. The van der Waals surface area contributed by atoms with E-state index in [1.54, 1.807) is 0 Å². The molecule has 1 aliphatic carbocycles. The van der Waals surface area contributed by atoms with Crippen LogP contribution in [0.25, 0.3) is 22.4 Å². The zero-order valence-corrected chi connectivity index (χ0v) is 13.6. The van der Waals surface area contributed by atoms with Crippen LogP contribution >= 0.6 is 0 Å². The van der Waals surface area contributed by atoms with Crippen molar-refractivity contribution in [2.45, 2.75) is 6.42 Å². The molecule has 3 aromatic rings. The monoisotopic (exact) mass is 376 g/mol. The van der Waals surface area contributed by atoms with Gasteiger partial charge in [-0.25, -0.2) is 0 Å². The molecule has 1 nitrogen and oxygen atoms in total. The first-order valence-electron chi connectivity index (χ1n) is 7.24. The minimum absolute atomic E-state index is 0. The summed E-state index contributed by atoms with van der Waals surface area (Å²) in [5.74, 6) is 0. The Hall–Kier alpha value is -1.85. The number of fused-ring (bicyclic) bond motifs is 2. The van der Waals surface area contributed by atoms with Crippen molar-refractivity contribution in [3.05, 3.63) is 88.8 Å². The third kappa shape index (κ3) is 2.40. The summed E-state index contributed by atoms with van der Waals surface area (Å²) < 4.78 is 0. The van der Waals surface area contributed by atoms with Gasteiger partial charge >= 0.3 is 0 Å². The van der Waals surface area contributed by atoms with Crippen molar-refractivity contribution in [2.75, 3.05) is 0 Å². The fourth-order valence-corrected chi connectivity index (χ4v) is 3.16. The maximum absolute atomic E-state index is 6.37. The average Bonchev–Trinajstić information content (AvgIpc) is 2.54. The molecule has 2 heteroatoms. The van der Waals surface area contributed by atoms with Crippen molar-refractivity contribution in [3.63, 3.8) is 0 Å². The molecule has 0 unspecified atom stereocenters. The van der Waals surface area contributed by atoms with Crippen LogP contribution in [0.15, 0.2) is 66.7 Å². The summed E-state index contributed by atoms with van der Waals surface area (Å²) >= 11 is 0. The van der Waals surface area contributed by atoms with E-state index in [4.69, 9.17) is 5.73 Å². The van der Waals surface area contributed by atoms with Crippen LogP contribution in [0.1, 0.15) is 12.0 Å². The third-order valence-electron chi connectivity index (χ3n) is 4.15. The van der Waals surface area contributed by atoms with Crippen molar-refractivity contribution >= 4 is 22.4 Å². The molecule has 0 heterocycles. The summed E-state index contributed by atoms with van der Waals surface area (Å²) in [6.45, 7) is 0. The molecule has 0 amide bonds. The first-order valence-corrected chi connectivity index (χ1v) is 7.24. The molecule has 0 spiro atoms. The maximum Gasteiger partial charge on any atom is 0 e. The number of benzene rings is 3. The fraction of sp³-hybridized carbons (Fsp3) is 0.0500. The predicted octanol–water partition coefficient (Wildman–Crippen LogP) is 2.71. The Labute approximate surface area is 143 Å². The third-order valence-corrected chi connectivity index (χ3v) is 4.15. The molecule has 2 N–H and O–H groups in total. The van der Waals surface area contributed by atoms with Crippen LogP contribution in [-0.4, -0.2) is 0 Å². The first kappa shape index (κ1) is 15.1. The zero-order valence-electron chi connectivity index (χ0n) is 12.0. The average molecular weight is 377 g/mol. The molecule has 1 aliphatic rings. The smallest absolute Gasteiger partial charge is 0 e. The van der Waals surface area contributed by atoms with Crippen LogP contribution in [0.3, 0.4) is 0 Å². The summed E-state index contributed by atoms with van der Waals surface area (Å²) in [4.78, 5) is 0. The molecular weight excluding hydrogens is 361 g/mol. The molecule has 0 aliphatic heterocycles. The van der Waals surface area contributed by atoms with Crippen molar-refractivity contribution in [3.8, 4) is 0 Å². The Bertz CT molecular complexity index is 938. The van der Waals surface area contributed by atoms with Crippen molar-refractivity contribution < 1.29 is 20.4 Å². The topological polar surface area (TPSA) is 26.0 Å². The largest absolute Gasteiger partial charge is 0.357 e. The van der Waals surface area contributed by atoms with Crippen LogP contribution in [0.2, 0.25) is 0 Å². The molecule has 0 bridgehead atoms. The molecule has 112 valence electrons. The zero-order chi connectivity index (χ0) is 14.2. The Balaban J connectivity index is 0.00000144. The first-order chi connectivity index (χ1) is 10.3. The van der Waals surface area contributed by atoms with E-state index in [9.17, 15) is 0 Å². The normalized spacial score (nSPS) is 13.3. The second kappa shape index (κ2) is 6.10. The quantitative estimate of drug-likeness (QED) is 0.513. The Morgan fingerprint density at radius 3 is 2.45 bits per heavy atom. The second-order valence-electron chi connectivity index (χ2n) is 5.42. The van der Waals surface area contributed by atoms with Gasteiger partial charge in [-0.05, 0) is 11.8 Å². The minimum atomic E-state index is 0. The van der Waals surface area contributed by atoms with Gasteiger partial charge in [0, 0.05) is 20.4 Å². The van der Waals surface area contributed by atoms with Crippen LogP contribution in [0, 0.1) is 6.04 Å². The van der Waals surface area contributed by atoms with E-state index in [1.807, 2.05) is 0 Å². The van der Waals surface area contributed by atoms with Gasteiger partial charge in [0.15, 0.2) is 0 Å². The van der Waals surface area contributed by atoms with Gasteiger partial charge in [-0.3, -0.25) is 0 Å². The maximum atomic E-state index is 6.37. The van der Waals surface area contributed by atoms with Crippen molar-refractivity contribution in [2.24, 2.45) is 5.73 Å². The number of hydrogen-bond donors (Lipinski definition) is 1. The van der Waals surface area contributed by atoms with Crippen molar-refractivity contribution in [1.29, 1.82) is 0 Å². The Morgan fingerprint density at radius 1 is 0.818 bits per heavy atom. The van der Waals surface area contributed by atoms with Gasteiger partial charge in [-0.15, -0.1) is 29.0 Å². The van der Waals surface area contributed by atoms with Gasteiger partial charge in [-0.1, -0.05) is 71.3 Å².